The van der Waals surface area contributed by atoms with Crippen LogP contribution in [-0.2, 0) is 7.05 Å². The van der Waals surface area contributed by atoms with Crippen LogP contribution in [0.2, 0.25) is 0 Å². The first-order valence-electron chi connectivity index (χ1n) is 5.86. The lowest BCUT2D eigenvalue weighted by molar-refractivity contribution is 0.475. The average molecular weight is 249 g/mol. The van der Waals surface area contributed by atoms with E-state index in [0.717, 1.165) is 22.0 Å². The maximum Gasteiger partial charge on any atom is 0.146 e. The first-order chi connectivity index (χ1) is 9.20. The van der Waals surface area contributed by atoms with Crippen molar-refractivity contribution in [3.05, 3.63) is 48.2 Å². The molecule has 2 aromatic carbocycles. The van der Waals surface area contributed by atoms with Crippen LogP contribution in [-0.4, -0.2) is 14.9 Å². The van der Waals surface area contributed by atoms with Gasteiger partial charge in [0.25, 0.3) is 0 Å². The largest absolute Gasteiger partial charge is 0.508 e. The zero-order valence-corrected chi connectivity index (χ0v) is 10.3. The monoisotopic (exact) mass is 249 g/mol. The zero-order valence-electron chi connectivity index (χ0n) is 10.3. The van der Waals surface area contributed by atoms with Crippen LogP contribution in [0.4, 0.5) is 0 Å². The van der Waals surface area contributed by atoms with Crippen LogP contribution in [0.25, 0.3) is 22.0 Å². The van der Waals surface area contributed by atoms with Gasteiger partial charge in [0.15, 0.2) is 0 Å². The van der Waals surface area contributed by atoms with E-state index in [0.29, 0.717) is 5.69 Å². The summed E-state index contributed by atoms with van der Waals surface area (Å²) in [6, 6.07) is 14.9. The van der Waals surface area contributed by atoms with Gasteiger partial charge in [-0.1, -0.05) is 24.3 Å². The van der Waals surface area contributed by atoms with Gasteiger partial charge in [-0.2, -0.15) is 10.4 Å². The number of nitriles is 1. The van der Waals surface area contributed by atoms with Crippen molar-refractivity contribution in [2.24, 2.45) is 7.05 Å². The highest BCUT2D eigenvalue weighted by Crippen LogP contribution is 2.30. The Morgan fingerprint density at radius 2 is 2.00 bits per heavy atom. The number of rotatable bonds is 1. The van der Waals surface area contributed by atoms with Gasteiger partial charge in [0.1, 0.15) is 23.0 Å². The molecule has 0 saturated heterocycles. The normalized spacial score (nSPS) is 10.5. The summed E-state index contributed by atoms with van der Waals surface area (Å²) in [5.74, 6) is 0.214. The molecule has 3 aromatic rings. The highest BCUT2D eigenvalue weighted by atomic mass is 16.3. The van der Waals surface area contributed by atoms with E-state index in [2.05, 4.69) is 11.2 Å². The lowest BCUT2D eigenvalue weighted by Gasteiger charge is -2.03. The smallest absolute Gasteiger partial charge is 0.146 e. The number of aromatic nitrogens is 2. The third kappa shape index (κ3) is 1.72. The molecule has 0 spiro atoms. The third-order valence-electron chi connectivity index (χ3n) is 3.13. The van der Waals surface area contributed by atoms with Crippen LogP contribution in [0.15, 0.2) is 42.5 Å². The molecule has 0 radical (unpaired) electrons. The van der Waals surface area contributed by atoms with Gasteiger partial charge in [0, 0.05) is 18.0 Å². The molecular formula is C15H11N3O. The van der Waals surface area contributed by atoms with Crippen LogP contribution < -0.4 is 0 Å². The Kier molecular flexibility index (Phi) is 2.46. The van der Waals surface area contributed by atoms with Crippen molar-refractivity contribution in [1.82, 2.24) is 9.78 Å². The summed E-state index contributed by atoms with van der Waals surface area (Å²) in [6.45, 7) is 0. The van der Waals surface area contributed by atoms with E-state index in [-0.39, 0.29) is 5.75 Å². The number of fused-ring (bicyclic) bond motifs is 1. The summed E-state index contributed by atoms with van der Waals surface area (Å²) < 4.78 is 1.58. The Hall–Kier alpha value is -2.80. The Balaban J connectivity index is 2.34. The SMILES string of the molecule is Cn1nc2c(-c3cccc(O)c3)cccc2c1C#N. The van der Waals surface area contributed by atoms with Gasteiger partial charge in [-0.3, -0.25) is 4.68 Å². The lowest BCUT2D eigenvalue weighted by atomic mass is 10.0. The summed E-state index contributed by atoms with van der Waals surface area (Å²) >= 11 is 0. The van der Waals surface area contributed by atoms with E-state index in [4.69, 9.17) is 5.26 Å². The molecule has 4 nitrogen and oxygen atoms in total. The molecule has 0 atom stereocenters. The molecule has 0 unspecified atom stereocenters. The number of hydrogen-bond donors (Lipinski definition) is 1. The number of benzene rings is 2. The van der Waals surface area contributed by atoms with Crippen molar-refractivity contribution in [3.63, 3.8) is 0 Å². The molecule has 1 aromatic heterocycles. The van der Waals surface area contributed by atoms with Crippen molar-refractivity contribution >= 4 is 10.9 Å². The fourth-order valence-electron chi connectivity index (χ4n) is 2.26. The average Bonchev–Trinajstić information content (AvgIpc) is 2.73. The Labute approximate surface area is 110 Å². The minimum Gasteiger partial charge on any atom is -0.508 e. The topological polar surface area (TPSA) is 61.8 Å². The molecule has 1 N–H and O–H groups in total. The van der Waals surface area contributed by atoms with Gasteiger partial charge < -0.3 is 5.11 Å². The summed E-state index contributed by atoms with van der Waals surface area (Å²) in [7, 11) is 1.75. The Morgan fingerprint density at radius 1 is 1.21 bits per heavy atom. The van der Waals surface area contributed by atoms with Gasteiger partial charge in [0.2, 0.25) is 0 Å². The zero-order chi connectivity index (χ0) is 13.4. The molecule has 1 heterocycles. The lowest BCUT2D eigenvalue weighted by Crippen LogP contribution is -1.92. The molecule has 92 valence electrons. The van der Waals surface area contributed by atoms with Gasteiger partial charge >= 0.3 is 0 Å². The number of hydrogen-bond acceptors (Lipinski definition) is 3. The van der Waals surface area contributed by atoms with Gasteiger partial charge in [-0.05, 0) is 23.8 Å². The molecule has 0 amide bonds. The molecule has 4 heteroatoms. The number of phenols is 1. The number of nitrogens with zero attached hydrogens (tertiary/aromatic N) is 3. The molecule has 0 aliphatic rings. The van der Waals surface area contributed by atoms with E-state index in [1.165, 1.54) is 0 Å². The fourth-order valence-corrected chi connectivity index (χ4v) is 2.26. The summed E-state index contributed by atoms with van der Waals surface area (Å²) in [6.07, 6.45) is 0. The highest BCUT2D eigenvalue weighted by Gasteiger charge is 2.12. The molecule has 0 aliphatic heterocycles. The highest BCUT2D eigenvalue weighted by molar-refractivity contribution is 5.96. The standard InChI is InChI=1S/C15H11N3O/c1-18-14(9-16)13-7-3-6-12(15(13)17-18)10-4-2-5-11(19)8-10/h2-8,19H,1H3. The van der Waals surface area contributed by atoms with Crippen LogP contribution in [0.1, 0.15) is 5.69 Å². The molecular weight excluding hydrogens is 238 g/mol. The predicted octanol–water partition coefficient (Wildman–Crippen LogP) is 2.82. The second-order valence-corrected chi connectivity index (χ2v) is 4.34. The van der Waals surface area contributed by atoms with Crippen molar-refractivity contribution in [2.45, 2.75) is 0 Å². The van der Waals surface area contributed by atoms with Gasteiger partial charge in [-0.15, -0.1) is 0 Å². The second-order valence-electron chi connectivity index (χ2n) is 4.34. The summed E-state index contributed by atoms with van der Waals surface area (Å²) in [5, 5.41) is 24.0. The van der Waals surface area contributed by atoms with E-state index in [1.54, 1.807) is 29.9 Å². The van der Waals surface area contributed by atoms with Gasteiger partial charge in [-0.25, -0.2) is 0 Å². The van der Waals surface area contributed by atoms with E-state index < -0.39 is 0 Å². The van der Waals surface area contributed by atoms with Crippen molar-refractivity contribution in [1.29, 1.82) is 5.26 Å². The van der Waals surface area contributed by atoms with Crippen molar-refractivity contribution in [2.75, 3.05) is 0 Å². The summed E-state index contributed by atoms with van der Waals surface area (Å²) in [4.78, 5) is 0. The molecule has 19 heavy (non-hydrogen) atoms. The van der Waals surface area contributed by atoms with Crippen molar-refractivity contribution in [3.8, 4) is 22.9 Å². The van der Waals surface area contributed by atoms with Gasteiger partial charge in [0.05, 0.1) is 0 Å². The molecule has 0 bridgehead atoms. The predicted molar refractivity (Wildman–Crippen MR) is 72.5 cm³/mol. The Bertz CT molecular complexity index is 812. The minimum absolute atomic E-state index is 0.214. The number of aromatic hydroxyl groups is 1. The maximum absolute atomic E-state index is 9.57. The number of aryl methyl sites for hydroxylation is 1. The maximum atomic E-state index is 9.57. The minimum atomic E-state index is 0.214. The molecule has 3 rings (SSSR count). The Morgan fingerprint density at radius 3 is 2.74 bits per heavy atom. The third-order valence-corrected chi connectivity index (χ3v) is 3.13. The van der Waals surface area contributed by atoms with E-state index >= 15 is 0 Å². The molecule has 0 fully saturated rings. The van der Waals surface area contributed by atoms with Crippen LogP contribution >= 0.6 is 0 Å². The molecule has 0 saturated carbocycles. The van der Waals surface area contributed by atoms with Crippen LogP contribution in [0, 0.1) is 11.3 Å². The van der Waals surface area contributed by atoms with E-state index in [9.17, 15) is 5.11 Å². The first-order valence-corrected chi connectivity index (χ1v) is 5.86. The van der Waals surface area contributed by atoms with Crippen LogP contribution in [0.3, 0.4) is 0 Å². The number of phenolic OH excluding ortho intramolecular Hbond substituents is 1. The molecule has 0 aliphatic carbocycles. The second kappa shape index (κ2) is 4.14. The quantitative estimate of drug-likeness (QED) is 0.721. The first kappa shape index (κ1) is 11.3. The summed E-state index contributed by atoms with van der Waals surface area (Å²) in [5.41, 5.74) is 3.10. The fraction of sp³-hybridized carbons (Fsp3) is 0.0667. The van der Waals surface area contributed by atoms with E-state index in [1.807, 2.05) is 24.3 Å². The van der Waals surface area contributed by atoms with Crippen LogP contribution in [0.5, 0.6) is 5.75 Å². The van der Waals surface area contributed by atoms with Crippen molar-refractivity contribution < 1.29 is 5.11 Å².